The van der Waals surface area contributed by atoms with Crippen molar-refractivity contribution in [2.45, 2.75) is 13.3 Å². The van der Waals surface area contributed by atoms with E-state index in [1.165, 1.54) is 0 Å². The number of anilines is 1. The van der Waals surface area contributed by atoms with Crippen LogP contribution in [-0.4, -0.2) is 19.1 Å². The monoisotopic (exact) mass is 207 g/mol. The van der Waals surface area contributed by atoms with Crippen molar-refractivity contribution in [3.63, 3.8) is 0 Å². The number of carbonyl (C=O) groups is 1. The van der Waals surface area contributed by atoms with Crippen LogP contribution in [0.5, 0.6) is 0 Å². The molecule has 0 bridgehead atoms. The molecular weight excluding hydrogens is 190 g/mol. The van der Waals surface area contributed by atoms with Crippen molar-refractivity contribution in [3.8, 4) is 0 Å². The van der Waals surface area contributed by atoms with Gasteiger partial charge in [-0.3, -0.25) is 4.90 Å². The van der Waals surface area contributed by atoms with Crippen LogP contribution in [0.25, 0.3) is 0 Å². The maximum atomic E-state index is 11.3. The molecule has 0 saturated heterocycles. The van der Waals surface area contributed by atoms with Crippen LogP contribution in [0.15, 0.2) is 24.3 Å². The molecule has 4 N–H and O–H groups in total. The molecule has 0 fully saturated rings. The SMILES string of the molecule is Cc1ccccc1N(CCCN)C(N)=O. The quantitative estimate of drug-likeness (QED) is 0.779. The Morgan fingerprint density at radius 3 is 2.60 bits per heavy atom. The molecule has 15 heavy (non-hydrogen) atoms. The van der Waals surface area contributed by atoms with Crippen LogP contribution in [-0.2, 0) is 0 Å². The highest BCUT2D eigenvalue weighted by Gasteiger charge is 2.12. The molecule has 1 aromatic rings. The topological polar surface area (TPSA) is 72.3 Å². The molecule has 0 aliphatic heterocycles. The molecule has 1 rings (SSSR count). The summed E-state index contributed by atoms with van der Waals surface area (Å²) in [5.41, 5.74) is 12.6. The van der Waals surface area contributed by atoms with Gasteiger partial charge in [-0.25, -0.2) is 4.79 Å². The number of para-hydroxylation sites is 1. The second kappa shape index (κ2) is 5.36. The summed E-state index contributed by atoms with van der Waals surface area (Å²) in [5, 5.41) is 0. The fourth-order valence-corrected chi connectivity index (χ4v) is 1.47. The first kappa shape index (κ1) is 11.5. The van der Waals surface area contributed by atoms with Gasteiger partial charge in [0, 0.05) is 12.2 Å². The third-order valence-electron chi connectivity index (χ3n) is 2.26. The summed E-state index contributed by atoms with van der Waals surface area (Å²) < 4.78 is 0. The number of hydrogen-bond acceptors (Lipinski definition) is 2. The first-order chi connectivity index (χ1) is 7.16. The van der Waals surface area contributed by atoms with Crippen LogP contribution in [0.2, 0.25) is 0 Å². The summed E-state index contributed by atoms with van der Waals surface area (Å²) in [7, 11) is 0. The number of benzene rings is 1. The van der Waals surface area contributed by atoms with Crippen molar-refractivity contribution >= 4 is 11.7 Å². The smallest absolute Gasteiger partial charge is 0.319 e. The van der Waals surface area contributed by atoms with Gasteiger partial charge < -0.3 is 11.5 Å². The van der Waals surface area contributed by atoms with Gasteiger partial charge in [-0.1, -0.05) is 18.2 Å². The number of nitrogens with two attached hydrogens (primary N) is 2. The highest BCUT2D eigenvalue weighted by Crippen LogP contribution is 2.19. The molecule has 4 nitrogen and oxygen atoms in total. The van der Waals surface area contributed by atoms with E-state index in [2.05, 4.69) is 0 Å². The summed E-state index contributed by atoms with van der Waals surface area (Å²) >= 11 is 0. The van der Waals surface area contributed by atoms with Gasteiger partial charge in [0.1, 0.15) is 0 Å². The number of primary amides is 1. The molecule has 0 aliphatic carbocycles. The average molecular weight is 207 g/mol. The lowest BCUT2D eigenvalue weighted by Gasteiger charge is -2.21. The number of nitrogens with zero attached hydrogens (tertiary/aromatic N) is 1. The first-order valence-electron chi connectivity index (χ1n) is 4.99. The third-order valence-corrected chi connectivity index (χ3v) is 2.26. The number of aryl methyl sites for hydroxylation is 1. The van der Waals surface area contributed by atoms with E-state index in [0.717, 1.165) is 17.7 Å². The number of rotatable bonds is 4. The van der Waals surface area contributed by atoms with Crippen molar-refractivity contribution in [1.29, 1.82) is 0 Å². The normalized spacial score (nSPS) is 10.0. The average Bonchev–Trinajstić information content (AvgIpc) is 2.20. The van der Waals surface area contributed by atoms with E-state index in [9.17, 15) is 4.79 Å². The highest BCUT2D eigenvalue weighted by molar-refractivity contribution is 5.91. The number of carbonyl (C=O) groups excluding carboxylic acids is 1. The molecule has 4 heteroatoms. The minimum Gasteiger partial charge on any atom is -0.351 e. The molecule has 0 heterocycles. The standard InChI is InChI=1S/C11H17N3O/c1-9-5-2-3-6-10(9)14(11(13)15)8-4-7-12/h2-3,5-6H,4,7-8,12H2,1H3,(H2,13,15). The van der Waals surface area contributed by atoms with Crippen molar-refractivity contribution in [3.05, 3.63) is 29.8 Å². The van der Waals surface area contributed by atoms with Gasteiger partial charge in [-0.15, -0.1) is 0 Å². The second-order valence-electron chi connectivity index (χ2n) is 3.42. The van der Waals surface area contributed by atoms with Gasteiger partial charge in [-0.2, -0.15) is 0 Å². The van der Waals surface area contributed by atoms with Crippen molar-refractivity contribution in [2.24, 2.45) is 11.5 Å². The van der Waals surface area contributed by atoms with Crippen LogP contribution < -0.4 is 16.4 Å². The van der Waals surface area contributed by atoms with E-state index >= 15 is 0 Å². The first-order valence-corrected chi connectivity index (χ1v) is 4.99. The number of urea groups is 1. The Labute approximate surface area is 89.9 Å². The molecule has 1 aromatic carbocycles. The largest absolute Gasteiger partial charge is 0.351 e. The summed E-state index contributed by atoms with van der Waals surface area (Å²) in [6, 6.07) is 7.23. The zero-order valence-electron chi connectivity index (χ0n) is 8.94. The van der Waals surface area contributed by atoms with Crippen molar-refractivity contribution in [1.82, 2.24) is 0 Å². The predicted molar refractivity (Wildman–Crippen MR) is 61.8 cm³/mol. The molecule has 2 amide bonds. The number of amides is 2. The second-order valence-corrected chi connectivity index (χ2v) is 3.42. The Morgan fingerprint density at radius 1 is 1.40 bits per heavy atom. The molecule has 0 radical (unpaired) electrons. The van der Waals surface area contributed by atoms with E-state index in [1.807, 2.05) is 31.2 Å². The Balaban J connectivity index is 2.89. The minimum absolute atomic E-state index is 0.433. The Bertz CT molecular complexity index is 338. The summed E-state index contributed by atoms with van der Waals surface area (Å²) in [6.07, 6.45) is 0.747. The van der Waals surface area contributed by atoms with Gasteiger partial charge in [0.05, 0.1) is 0 Å². The third kappa shape index (κ3) is 2.95. The minimum atomic E-state index is -0.433. The molecule has 0 aromatic heterocycles. The van der Waals surface area contributed by atoms with Crippen LogP contribution in [0.1, 0.15) is 12.0 Å². The van der Waals surface area contributed by atoms with Crippen LogP contribution in [0.3, 0.4) is 0 Å². The van der Waals surface area contributed by atoms with Crippen molar-refractivity contribution in [2.75, 3.05) is 18.0 Å². The fourth-order valence-electron chi connectivity index (χ4n) is 1.47. The predicted octanol–water partition coefficient (Wildman–Crippen LogP) is 1.23. The Morgan fingerprint density at radius 2 is 2.07 bits per heavy atom. The van der Waals surface area contributed by atoms with Crippen LogP contribution >= 0.6 is 0 Å². The van der Waals surface area contributed by atoms with Gasteiger partial charge in [0.15, 0.2) is 0 Å². The van der Waals surface area contributed by atoms with E-state index in [1.54, 1.807) is 4.90 Å². The summed E-state index contributed by atoms with van der Waals surface area (Å²) in [5.74, 6) is 0. The van der Waals surface area contributed by atoms with Crippen LogP contribution in [0.4, 0.5) is 10.5 Å². The summed E-state index contributed by atoms with van der Waals surface area (Å²) in [6.45, 7) is 3.07. The van der Waals surface area contributed by atoms with E-state index in [0.29, 0.717) is 13.1 Å². The zero-order chi connectivity index (χ0) is 11.3. The maximum absolute atomic E-state index is 11.3. The van der Waals surface area contributed by atoms with E-state index < -0.39 is 6.03 Å². The molecule has 0 unspecified atom stereocenters. The highest BCUT2D eigenvalue weighted by atomic mass is 16.2. The molecule has 0 saturated carbocycles. The van der Waals surface area contributed by atoms with Gasteiger partial charge in [-0.05, 0) is 31.5 Å². The van der Waals surface area contributed by atoms with E-state index in [-0.39, 0.29) is 0 Å². The lowest BCUT2D eigenvalue weighted by atomic mass is 10.2. The lowest BCUT2D eigenvalue weighted by molar-refractivity contribution is 0.254. The Kier molecular flexibility index (Phi) is 4.12. The van der Waals surface area contributed by atoms with Gasteiger partial charge in [0.2, 0.25) is 0 Å². The fraction of sp³-hybridized carbons (Fsp3) is 0.364. The Hall–Kier alpha value is -1.55. The van der Waals surface area contributed by atoms with Gasteiger partial charge >= 0.3 is 6.03 Å². The lowest BCUT2D eigenvalue weighted by Crippen LogP contribution is -2.37. The van der Waals surface area contributed by atoms with Crippen molar-refractivity contribution < 1.29 is 4.79 Å². The number of hydrogen-bond donors (Lipinski definition) is 2. The zero-order valence-corrected chi connectivity index (χ0v) is 8.94. The molecule has 82 valence electrons. The molecule has 0 spiro atoms. The maximum Gasteiger partial charge on any atom is 0.319 e. The summed E-state index contributed by atoms with van der Waals surface area (Å²) in [4.78, 5) is 12.8. The molecule has 0 atom stereocenters. The van der Waals surface area contributed by atoms with E-state index in [4.69, 9.17) is 11.5 Å². The molecular formula is C11H17N3O. The van der Waals surface area contributed by atoms with Crippen LogP contribution in [0, 0.1) is 6.92 Å². The van der Waals surface area contributed by atoms with Gasteiger partial charge in [0.25, 0.3) is 0 Å². The molecule has 0 aliphatic rings.